The Balaban J connectivity index is 1.71. The number of nitrogens with one attached hydrogen (secondary N) is 1. The molecule has 8 nitrogen and oxygen atoms in total. The van der Waals surface area contributed by atoms with Crippen molar-refractivity contribution in [2.45, 2.75) is 20.4 Å². The Bertz CT molecular complexity index is 1300. The minimum absolute atomic E-state index is 0.0524. The number of aromatic nitrogens is 2. The normalized spacial score (nSPS) is 11.5. The van der Waals surface area contributed by atoms with Crippen molar-refractivity contribution < 1.29 is 22.7 Å². The van der Waals surface area contributed by atoms with Gasteiger partial charge >= 0.3 is 5.97 Å². The number of carbonyl (C=O) groups is 2. The van der Waals surface area contributed by atoms with Crippen LogP contribution in [0.4, 0.5) is 0 Å². The molecule has 0 unspecified atom stereocenters. The summed E-state index contributed by atoms with van der Waals surface area (Å²) in [4.78, 5) is 28.5. The topological polar surface area (TPSA) is 107 Å². The smallest absolute Gasteiger partial charge is 0.338 e. The molecule has 0 aliphatic rings. The Hall–Kier alpha value is -3.43. The minimum atomic E-state index is -4.01. The molecule has 1 heterocycles. The van der Waals surface area contributed by atoms with Gasteiger partial charge in [0.2, 0.25) is 0 Å². The number of aryl methyl sites for hydroxylation is 1. The summed E-state index contributed by atoms with van der Waals surface area (Å²) in [5, 5.41) is 1.28. The molecule has 0 aliphatic carbocycles. The number of hydrogen-bond acceptors (Lipinski definition) is 6. The second kappa shape index (κ2) is 10.5. The highest BCUT2D eigenvalue weighted by Crippen LogP contribution is 2.20. The molecule has 0 atom stereocenters. The van der Waals surface area contributed by atoms with Crippen LogP contribution in [-0.4, -0.2) is 36.5 Å². The quantitative estimate of drug-likeness (QED) is 0.484. The SMILES string of the molecule is CCOC(=O)c1ccc(Cn2cc(C(=O)NS(=O)(=O)C=Cc3ccccc3)nc2C)c(Cl)c1. The van der Waals surface area contributed by atoms with Gasteiger partial charge in [-0.2, -0.15) is 0 Å². The molecule has 1 N–H and O–H groups in total. The third-order valence-corrected chi connectivity index (χ3v) is 5.90. The molecule has 3 aromatic rings. The maximum atomic E-state index is 12.5. The third kappa shape index (κ3) is 6.53. The second-order valence-corrected chi connectivity index (χ2v) is 8.99. The van der Waals surface area contributed by atoms with Crippen LogP contribution in [-0.2, 0) is 21.3 Å². The van der Waals surface area contributed by atoms with Crippen molar-refractivity contribution in [1.82, 2.24) is 14.3 Å². The summed E-state index contributed by atoms with van der Waals surface area (Å²) in [6, 6.07) is 13.6. The van der Waals surface area contributed by atoms with Crippen LogP contribution in [0.3, 0.4) is 0 Å². The van der Waals surface area contributed by atoms with Crippen LogP contribution < -0.4 is 4.72 Å². The predicted octanol–water partition coefficient (Wildman–Crippen LogP) is 3.80. The highest BCUT2D eigenvalue weighted by molar-refractivity contribution is 7.93. The summed E-state index contributed by atoms with van der Waals surface area (Å²) < 4.78 is 33.1. The van der Waals surface area contributed by atoms with Crippen molar-refractivity contribution in [3.63, 3.8) is 0 Å². The van der Waals surface area contributed by atoms with E-state index < -0.39 is 21.9 Å². The molecular weight excluding hydrogens is 466 g/mol. The largest absolute Gasteiger partial charge is 0.462 e. The first-order valence-corrected chi connectivity index (χ1v) is 11.9. The fourth-order valence-electron chi connectivity index (χ4n) is 2.93. The molecule has 0 radical (unpaired) electrons. The maximum Gasteiger partial charge on any atom is 0.338 e. The minimum Gasteiger partial charge on any atom is -0.462 e. The zero-order valence-electron chi connectivity index (χ0n) is 18.0. The van der Waals surface area contributed by atoms with E-state index in [1.807, 2.05) is 10.8 Å². The van der Waals surface area contributed by atoms with Crippen LogP contribution in [0.1, 0.15) is 44.7 Å². The zero-order valence-corrected chi connectivity index (χ0v) is 19.6. The highest BCUT2D eigenvalue weighted by atomic mass is 35.5. The first kappa shape index (κ1) is 24.2. The van der Waals surface area contributed by atoms with E-state index in [1.165, 1.54) is 18.3 Å². The number of imidazole rings is 1. The molecule has 0 fully saturated rings. The molecule has 1 amide bonds. The molecule has 0 aliphatic heterocycles. The number of hydrogen-bond donors (Lipinski definition) is 1. The van der Waals surface area contributed by atoms with Gasteiger partial charge in [0.05, 0.1) is 24.1 Å². The Morgan fingerprint density at radius 2 is 1.91 bits per heavy atom. The second-order valence-electron chi connectivity index (χ2n) is 7.02. The van der Waals surface area contributed by atoms with E-state index in [-0.39, 0.29) is 18.8 Å². The Labute approximate surface area is 196 Å². The molecule has 172 valence electrons. The van der Waals surface area contributed by atoms with Gasteiger partial charge in [-0.1, -0.05) is 48.0 Å². The van der Waals surface area contributed by atoms with Crippen LogP contribution in [0.2, 0.25) is 5.02 Å². The molecule has 0 bridgehead atoms. The van der Waals surface area contributed by atoms with Crippen molar-refractivity contribution in [2.75, 3.05) is 6.61 Å². The van der Waals surface area contributed by atoms with E-state index in [0.29, 0.717) is 27.5 Å². The number of rotatable bonds is 8. The lowest BCUT2D eigenvalue weighted by molar-refractivity contribution is 0.0526. The van der Waals surface area contributed by atoms with Crippen molar-refractivity contribution in [3.8, 4) is 0 Å². The van der Waals surface area contributed by atoms with E-state index in [2.05, 4.69) is 4.98 Å². The van der Waals surface area contributed by atoms with E-state index in [1.54, 1.807) is 54.8 Å². The molecule has 10 heteroatoms. The Morgan fingerprint density at radius 3 is 2.58 bits per heavy atom. The molecule has 1 aromatic heterocycles. The molecule has 33 heavy (non-hydrogen) atoms. The Kier molecular flexibility index (Phi) is 7.67. The molecule has 2 aromatic carbocycles. The summed E-state index contributed by atoms with van der Waals surface area (Å²) in [6.07, 6.45) is 2.83. The number of sulfonamides is 1. The van der Waals surface area contributed by atoms with Gasteiger partial charge < -0.3 is 9.30 Å². The summed E-state index contributed by atoms with van der Waals surface area (Å²) in [6.45, 7) is 3.93. The fraction of sp³-hybridized carbons (Fsp3) is 0.174. The van der Waals surface area contributed by atoms with Gasteiger partial charge in [0, 0.05) is 11.2 Å². The van der Waals surface area contributed by atoms with Crippen molar-refractivity contribution in [3.05, 3.63) is 93.4 Å². The molecule has 0 saturated carbocycles. The number of benzene rings is 2. The third-order valence-electron chi connectivity index (χ3n) is 4.59. The van der Waals surface area contributed by atoms with Crippen LogP contribution in [0.5, 0.6) is 0 Å². The number of ether oxygens (including phenoxy) is 1. The highest BCUT2D eigenvalue weighted by Gasteiger charge is 2.18. The van der Waals surface area contributed by atoms with Gasteiger partial charge in [-0.3, -0.25) is 4.79 Å². The lowest BCUT2D eigenvalue weighted by Crippen LogP contribution is -2.29. The summed E-state index contributed by atoms with van der Waals surface area (Å²) in [7, 11) is -4.01. The van der Waals surface area contributed by atoms with Crippen LogP contribution in [0.25, 0.3) is 6.08 Å². The van der Waals surface area contributed by atoms with Crippen LogP contribution >= 0.6 is 11.6 Å². The summed E-state index contributed by atoms with van der Waals surface area (Å²) in [5.74, 6) is -0.826. The number of esters is 1. The molecular formula is C23H22ClN3O5S. The van der Waals surface area contributed by atoms with Crippen molar-refractivity contribution >= 4 is 39.6 Å². The van der Waals surface area contributed by atoms with Gasteiger partial charge in [-0.05, 0) is 43.2 Å². The summed E-state index contributed by atoms with van der Waals surface area (Å²) >= 11 is 6.31. The van der Waals surface area contributed by atoms with E-state index in [9.17, 15) is 18.0 Å². The van der Waals surface area contributed by atoms with E-state index in [4.69, 9.17) is 16.3 Å². The number of halogens is 1. The van der Waals surface area contributed by atoms with Gasteiger partial charge in [-0.15, -0.1) is 0 Å². The van der Waals surface area contributed by atoms with Crippen LogP contribution in [0, 0.1) is 6.92 Å². The monoisotopic (exact) mass is 487 g/mol. The van der Waals surface area contributed by atoms with E-state index in [0.717, 1.165) is 5.41 Å². The first-order chi connectivity index (χ1) is 15.7. The average Bonchev–Trinajstić information content (AvgIpc) is 3.15. The van der Waals surface area contributed by atoms with Crippen LogP contribution in [0.15, 0.2) is 60.1 Å². The summed E-state index contributed by atoms with van der Waals surface area (Å²) in [5.41, 5.74) is 1.65. The van der Waals surface area contributed by atoms with Gasteiger partial charge in [0.15, 0.2) is 0 Å². The fourth-order valence-corrected chi connectivity index (χ4v) is 3.93. The molecule has 0 saturated heterocycles. The first-order valence-electron chi connectivity index (χ1n) is 9.98. The van der Waals surface area contributed by atoms with Crippen molar-refractivity contribution in [1.29, 1.82) is 0 Å². The zero-order chi connectivity index (χ0) is 24.0. The number of carbonyl (C=O) groups excluding carboxylic acids is 2. The van der Waals surface area contributed by atoms with Gasteiger partial charge in [0.25, 0.3) is 15.9 Å². The Morgan fingerprint density at radius 1 is 1.18 bits per heavy atom. The molecule has 3 rings (SSSR count). The van der Waals surface area contributed by atoms with Crippen molar-refractivity contribution in [2.24, 2.45) is 0 Å². The lowest BCUT2D eigenvalue weighted by atomic mass is 10.1. The van der Waals surface area contributed by atoms with Gasteiger partial charge in [-0.25, -0.2) is 22.9 Å². The standard InChI is InChI=1S/C23H22ClN3O5S/c1-3-32-23(29)18-9-10-19(20(24)13-18)14-27-15-21(25-16(27)2)22(28)26-33(30,31)12-11-17-7-5-4-6-8-17/h4-13,15H,3,14H2,1-2H3,(H,26,28). The lowest BCUT2D eigenvalue weighted by Gasteiger charge is -2.09. The maximum absolute atomic E-state index is 12.5. The van der Waals surface area contributed by atoms with E-state index >= 15 is 0 Å². The predicted molar refractivity (Wildman–Crippen MR) is 125 cm³/mol. The number of nitrogens with zero attached hydrogens (tertiary/aromatic N) is 2. The average molecular weight is 488 g/mol. The molecule has 0 spiro atoms. The van der Waals surface area contributed by atoms with Gasteiger partial charge in [0.1, 0.15) is 11.5 Å². The number of amides is 1.